The van der Waals surface area contributed by atoms with E-state index in [1.165, 1.54) is 12.1 Å². The Hall–Kier alpha value is 0.137. The highest BCUT2D eigenvalue weighted by Crippen LogP contribution is 1.88. The standard InChI is InChI=1S/C8H20O2Si/c1-3-9-5-7-11-8-6-10-4-2/h3-8,11H2,1-2H3. The summed E-state index contributed by atoms with van der Waals surface area (Å²) in [7, 11) is 0.121. The molecule has 0 saturated heterocycles. The summed E-state index contributed by atoms with van der Waals surface area (Å²) in [6, 6.07) is 2.61. The maximum Gasteiger partial charge on any atom is 0.0437 e. The van der Waals surface area contributed by atoms with Crippen LogP contribution in [0.1, 0.15) is 13.8 Å². The molecule has 0 heterocycles. The lowest BCUT2D eigenvalue weighted by Crippen LogP contribution is -2.02. The van der Waals surface area contributed by atoms with Gasteiger partial charge in [0.25, 0.3) is 0 Å². The van der Waals surface area contributed by atoms with Crippen LogP contribution in [0.3, 0.4) is 0 Å². The second-order valence-corrected chi connectivity index (χ2v) is 4.58. The molecule has 3 heteroatoms. The van der Waals surface area contributed by atoms with Crippen LogP contribution in [0.4, 0.5) is 0 Å². The third-order valence-electron chi connectivity index (χ3n) is 1.49. The fraction of sp³-hybridized carbons (Fsp3) is 1.00. The van der Waals surface area contributed by atoms with E-state index in [2.05, 4.69) is 0 Å². The van der Waals surface area contributed by atoms with Gasteiger partial charge in [-0.05, 0) is 25.9 Å². The molecule has 0 N–H and O–H groups in total. The molecule has 0 aromatic rings. The third kappa shape index (κ3) is 10.1. The minimum Gasteiger partial charge on any atom is -0.382 e. The first-order valence-electron chi connectivity index (χ1n) is 4.57. The molecule has 0 aliphatic rings. The number of hydrogen-bond donors (Lipinski definition) is 0. The lowest BCUT2D eigenvalue weighted by atomic mass is 10.8. The normalized spacial score (nSPS) is 10.4. The highest BCUT2D eigenvalue weighted by atomic mass is 28.2. The van der Waals surface area contributed by atoms with Gasteiger partial charge in [0, 0.05) is 35.9 Å². The van der Waals surface area contributed by atoms with Gasteiger partial charge in [-0.25, -0.2) is 0 Å². The minimum atomic E-state index is 0.121. The molecule has 0 rings (SSSR count). The molecule has 0 aliphatic carbocycles. The topological polar surface area (TPSA) is 18.5 Å². The largest absolute Gasteiger partial charge is 0.382 e. The Morgan fingerprint density at radius 2 is 1.36 bits per heavy atom. The Balaban J connectivity index is 2.69. The Labute approximate surface area is 72.1 Å². The maximum atomic E-state index is 5.23. The first-order chi connectivity index (χ1) is 5.41. The fourth-order valence-corrected chi connectivity index (χ4v) is 2.04. The van der Waals surface area contributed by atoms with E-state index >= 15 is 0 Å². The minimum absolute atomic E-state index is 0.121. The average molecular weight is 176 g/mol. The van der Waals surface area contributed by atoms with Crippen LogP contribution in [0.2, 0.25) is 12.1 Å². The van der Waals surface area contributed by atoms with E-state index in [0.29, 0.717) is 0 Å². The molecule has 0 aromatic carbocycles. The lowest BCUT2D eigenvalue weighted by Gasteiger charge is -2.00. The number of rotatable bonds is 8. The monoisotopic (exact) mass is 176 g/mol. The van der Waals surface area contributed by atoms with Gasteiger partial charge < -0.3 is 9.47 Å². The van der Waals surface area contributed by atoms with E-state index in [-0.39, 0.29) is 9.52 Å². The van der Waals surface area contributed by atoms with Crippen LogP contribution in [-0.4, -0.2) is 35.9 Å². The van der Waals surface area contributed by atoms with Gasteiger partial charge in [0.15, 0.2) is 0 Å². The SMILES string of the molecule is CCOCC[SiH2]CCOCC. The Kier molecular flexibility index (Phi) is 10.3. The van der Waals surface area contributed by atoms with E-state index in [9.17, 15) is 0 Å². The molecule has 0 amide bonds. The van der Waals surface area contributed by atoms with Crippen molar-refractivity contribution in [2.45, 2.75) is 25.9 Å². The molecule has 68 valence electrons. The Bertz CT molecular complexity index is 61.1. The van der Waals surface area contributed by atoms with E-state index < -0.39 is 0 Å². The van der Waals surface area contributed by atoms with Gasteiger partial charge in [-0.15, -0.1) is 0 Å². The maximum absolute atomic E-state index is 5.23. The summed E-state index contributed by atoms with van der Waals surface area (Å²) in [5.41, 5.74) is 0. The van der Waals surface area contributed by atoms with Crippen LogP contribution in [0, 0.1) is 0 Å². The highest BCUT2D eigenvalue weighted by molar-refractivity contribution is 6.35. The molecular formula is C8H20O2Si. The van der Waals surface area contributed by atoms with Crippen molar-refractivity contribution in [3.8, 4) is 0 Å². The van der Waals surface area contributed by atoms with Crippen LogP contribution < -0.4 is 0 Å². The van der Waals surface area contributed by atoms with Crippen molar-refractivity contribution >= 4 is 9.52 Å². The predicted molar refractivity (Wildman–Crippen MR) is 51.1 cm³/mol. The summed E-state index contributed by atoms with van der Waals surface area (Å²) in [4.78, 5) is 0. The summed E-state index contributed by atoms with van der Waals surface area (Å²) in [6.45, 7) is 7.74. The zero-order valence-electron chi connectivity index (χ0n) is 7.77. The van der Waals surface area contributed by atoms with Gasteiger partial charge in [-0.2, -0.15) is 0 Å². The molecule has 0 unspecified atom stereocenters. The molecule has 0 aliphatic heterocycles. The van der Waals surface area contributed by atoms with Gasteiger partial charge in [-0.3, -0.25) is 0 Å². The van der Waals surface area contributed by atoms with Crippen LogP contribution in [0.5, 0.6) is 0 Å². The molecule has 2 nitrogen and oxygen atoms in total. The summed E-state index contributed by atoms with van der Waals surface area (Å²) < 4.78 is 10.5. The van der Waals surface area contributed by atoms with Crippen molar-refractivity contribution in [3.05, 3.63) is 0 Å². The average Bonchev–Trinajstić information content (AvgIpc) is 2.03. The second kappa shape index (κ2) is 10.1. The first kappa shape index (κ1) is 11.1. The van der Waals surface area contributed by atoms with Gasteiger partial charge >= 0.3 is 0 Å². The Morgan fingerprint density at radius 3 is 1.73 bits per heavy atom. The van der Waals surface area contributed by atoms with E-state index in [1.807, 2.05) is 13.8 Å². The highest BCUT2D eigenvalue weighted by Gasteiger charge is 1.89. The van der Waals surface area contributed by atoms with Crippen LogP contribution in [0.25, 0.3) is 0 Å². The van der Waals surface area contributed by atoms with Crippen molar-refractivity contribution in [1.29, 1.82) is 0 Å². The zero-order valence-corrected chi connectivity index (χ0v) is 9.18. The molecule has 11 heavy (non-hydrogen) atoms. The van der Waals surface area contributed by atoms with E-state index in [1.54, 1.807) is 0 Å². The van der Waals surface area contributed by atoms with Gasteiger partial charge in [-0.1, -0.05) is 0 Å². The Morgan fingerprint density at radius 1 is 0.909 bits per heavy atom. The number of hydrogen-bond acceptors (Lipinski definition) is 2. The van der Waals surface area contributed by atoms with E-state index in [4.69, 9.17) is 9.47 Å². The molecule has 0 radical (unpaired) electrons. The molecule has 0 fully saturated rings. The van der Waals surface area contributed by atoms with E-state index in [0.717, 1.165) is 26.4 Å². The summed E-state index contributed by atoms with van der Waals surface area (Å²) in [5.74, 6) is 0. The third-order valence-corrected chi connectivity index (χ3v) is 3.06. The summed E-state index contributed by atoms with van der Waals surface area (Å²) >= 11 is 0. The molecule has 0 aromatic heterocycles. The quantitative estimate of drug-likeness (QED) is 0.407. The number of ether oxygens (including phenoxy) is 2. The predicted octanol–water partition coefficient (Wildman–Crippen LogP) is 1.06. The molecule has 0 saturated carbocycles. The van der Waals surface area contributed by atoms with Crippen molar-refractivity contribution in [1.82, 2.24) is 0 Å². The zero-order chi connectivity index (χ0) is 8.36. The molecule has 0 atom stereocenters. The van der Waals surface area contributed by atoms with Crippen molar-refractivity contribution in [2.75, 3.05) is 26.4 Å². The van der Waals surface area contributed by atoms with Gasteiger partial charge in [0.05, 0.1) is 0 Å². The first-order valence-corrected chi connectivity index (χ1v) is 6.57. The van der Waals surface area contributed by atoms with Gasteiger partial charge in [0.2, 0.25) is 0 Å². The van der Waals surface area contributed by atoms with Crippen LogP contribution in [-0.2, 0) is 9.47 Å². The van der Waals surface area contributed by atoms with Gasteiger partial charge in [0.1, 0.15) is 0 Å². The fourth-order valence-electron chi connectivity index (χ4n) is 0.874. The van der Waals surface area contributed by atoms with Crippen molar-refractivity contribution in [2.24, 2.45) is 0 Å². The van der Waals surface area contributed by atoms with Crippen molar-refractivity contribution < 1.29 is 9.47 Å². The smallest absolute Gasteiger partial charge is 0.0437 e. The molecule has 0 spiro atoms. The summed E-state index contributed by atoms with van der Waals surface area (Å²) in [6.07, 6.45) is 0. The second-order valence-electron chi connectivity index (χ2n) is 2.45. The molecular weight excluding hydrogens is 156 g/mol. The summed E-state index contributed by atoms with van der Waals surface area (Å²) in [5, 5.41) is 0. The van der Waals surface area contributed by atoms with Crippen LogP contribution >= 0.6 is 0 Å². The lowest BCUT2D eigenvalue weighted by molar-refractivity contribution is 0.157. The molecule has 0 bridgehead atoms. The van der Waals surface area contributed by atoms with Crippen molar-refractivity contribution in [3.63, 3.8) is 0 Å². The van der Waals surface area contributed by atoms with Crippen LogP contribution in [0.15, 0.2) is 0 Å².